The lowest BCUT2D eigenvalue weighted by Gasteiger charge is -2.04. The second-order valence-corrected chi connectivity index (χ2v) is 5.83. The molecule has 0 radical (unpaired) electrons. The van der Waals surface area contributed by atoms with Crippen LogP contribution in [0.15, 0.2) is 58.2 Å². The molecule has 1 aromatic heterocycles. The fourth-order valence-electron chi connectivity index (χ4n) is 2.02. The first-order valence-corrected chi connectivity index (χ1v) is 8.07. The van der Waals surface area contributed by atoms with Crippen molar-refractivity contribution in [3.05, 3.63) is 58.7 Å². The van der Waals surface area contributed by atoms with Gasteiger partial charge in [-0.05, 0) is 64.0 Å². The molecular weight excluding hydrogens is 386 g/mol. The van der Waals surface area contributed by atoms with Crippen molar-refractivity contribution in [2.24, 2.45) is 5.10 Å². The van der Waals surface area contributed by atoms with Crippen LogP contribution in [0.4, 0.5) is 5.95 Å². The van der Waals surface area contributed by atoms with Crippen LogP contribution in [0.25, 0.3) is 11.3 Å². The summed E-state index contributed by atoms with van der Waals surface area (Å²) >= 11 is 3.25. The smallest absolute Gasteiger partial charge is 0.263 e. The summed E-state index contributed by atoms with van der Waals surface area (Å²) in [6.07, 6.45) is 3.17. The zero-order chi connectivity index (χ0) is 17.6. The van der Waals surface area contributed by atoms with E-state index in [1.165, 1.54) is 0 Å². The van der Waals surface area contributed by atoms with E-state index in [4.69, 9.17) is 4.74 Å². The quantitative estimate of drug-likeness (QED) is 0.504. The molecule has 8 heteroatoms. The number of methoxy groups -OCH3 is 1. The standard InChI is InChI=1S/C17H14BrN5O2/c1-25-13-5-3-12(4-6-13)15-10-20-23-17(21-15)22-19-9-11-2-7-16(24)14(18)8-11/h2-10,24H,1H3,(H,21,22,23)/b19-9+. The Kier molecular flexibility index (Phi) is 5.20. The number of hydrogen-bond acceptors (Lipinski definition) is 7. The summed E-state index contributed by atoms with van der Waals surface area (Å²) in [5.74, 6) is 1.22. The molecule has 0 spiro atoms. The van der Waals surface area contributed by atoms with Gasteiger partial charge in [0, 0.05) is 5.56 Å². The molecule has 0 aliphatic rings. The van der Waals surface area contributed by atoms with Crippen molar-refractivity contribution in [2.45, 2.75) is 0 Å². The first-order valence-electron chi connectivity index (χ1n) is 7.27. The highest BCUT2D eigenvalue weighted by molar-refractivity contribution is 9.10. The van der Waals surface area contributed by atoms with E-state index in [2.05, 4.69) is 41.6 Å². The number of benzene rings is 2. The number of hydrogen-bond donors (Lipinski definition) is 2. The normalized spacial score (nSPS) is 10.8. The average Bonchev–Trinajstić information content (AvgIpc) is 2.65. The van der Waals surface area contributed by atoms with Gasteiger partial charge in [0.1, 0.15) is 11.5 Å². The lowest BCUT2D eigenvalue weighted by atomic mass is 10.1. The van der Waals surface area contributed by atoms with Crippen molar-refractivity contribution < 1.29 is 9.84 Å². The predicted octanol–water partition coefficient (Wildman–Crippen LogP) is 3.46. The highest BCUT2D eigenvalue weighted by Crippen LogP contribution is 2.23. The summed E-state index contributed by atoms with van der Waals surface area (Å²) in [7, 11) is 1.62. The molecule has 7 nitrogen and oxygen atoms in total. The number of phenols is 1. The third-order valence-electron chi connectivity index (χ3n) is 3.29. The molecule has 2 N–H and O–H groups in total. The van der Waals surface area contributed by atoms with Crippen LogP contribution in [-0.2, 0) is 0 Å². The zero-order valence-electron chi connectivity index (χ0n) is 13.2. The fraction of sp³-hybridized carbons (Fsp3) is 0.0588. The highest BCUT2D eigenvalue weighted by Gasteiger charge is 2.03. The van der Waals surface area contributed by atoms with Gasteiger partial charge in [-0.3, -0.25) is 0 Å². The highest BCUT2D eigenvalue weighted by atomic mass is 79.9. The van der Waals surface area contributed by atoms with Crippen LogP contribution >= 0.6 is 15.9 Å². The van der Waals surface area contributed by atoms with Gasteiger partial charge in [0.2, 0.25) is 0 Å². The van der Waals surface area contributed by atoms with E-state index in [0.29, 0.717) is 10.2 Å². The first kappa shape index (κ1) is 16.8. The van der Waals surface area contributed by atoms with Gasteiger partial charge in [-0.25, -0.2) is 10.4 Å². The Hall–Kier alpha value is -3.00. The van der Waals surface area contributed by atoms with Crippen molar-refractivity contribution in [1.82, 2.24) is 15.2 Å². The van der Waals surface area contributed by atoms with Gasteiger partial charge in [-0.15, -0.1) is 5.10 Å². The third kappa shape index (κ3) is 4.30. The first-order chi connectivity index (χ1) is 12.2. The lowest BCUT2D eigenvalue weighted by molar-refractivity contribution is 0.415. The van der Waals surface area contributed by atoms with E-state index in [-0.39, 0.29) is 11.7 Å². The Bertz CT molecular complexity index is 900. The van der Waals surface area contributed by atoms with Gasteiger partial charge in [0.15, 0.2) is 0 Å². The molecule has 0 fully saturated rings. The number of nitrogens with zero attached hydrogens (tertiary/aromatic N) is 4. The molecule has 0 saturated heterocycles. The van der Waals surface area contributed by atoms with Gasteiger partial charge in [0.25, 0.3) is 5.95 Å². The van der Waals surface area contributed by atoms with E-state index < -0.39 is 0 Å². The lowest BCUT2D eigenvalue weighted by Crippen LogP contribution is -2.00. The third-order valence-corrected chi connectivity index (χ3v) is 3.93. The van der Waals surface area contributed by atoms with E-state index in [0.717, 1.165) is 16.9 Å². The molecule has 0 atom stereocenters. The Morgan fingerprint density at radius 1 is 1.20 bits per heavy atom. The van der Waals surface area contributed by atoms with Crippen molar-refractivity contribution in [3.63, 3.8) is 0 Å². The molecule has 1 heterocycles. The zero-order valence-corrected chi connectivity index (χ0v) is 14.8. The second-order valence-electron chi connectivity index (χ2n) is 4.97. The Balaban J connectivity index is 1.72. The largest absolute Gasteiger partial charge is 0.507 e. The van der Waals surface area contributed by atoms with Gasteiger partial charge in [-0.1, -0.05) is 0 Å². The monoisotopic (exact) mass is 399 g/mol. The number of rotatable bonds is 5. The molecule has 2 aromatic carbocycles. The van der Waals surface area contributed by atoms with E-state index >= 15 is 0 Å². The molecule has 0 amide bonds. The molecule has 0 bridgehead atoms. The van der Waals surface area contributed by atoms with E-state index in [1.54, 1.807) is 37.7 Å². The van der Waals surface area contributed by atoms with Crippen LogP contribution in [-0.4, -0.2) is 33.6 Å². The Morgan fingerprint density at radius 2 is 2.00 bits per heavy atom. The number of anilines is 1. The number of ether oxygens (including phenoxy) is 1. The molecular formula is C17H14BrN5O2. The second kappa shape index (κ2) is 7.71. The van der Waals surface area contributed by atoms with Gasteiger partial charge in [-0.2, -0.15) is 10.2 Å². The summed E-state index contributed by atoms with van der Waals surface area (Å²) in [5, 5.41) is 21.4. The number of hydrazone groups is 1. The van der Waals surface area contributed by atoms with Crippen LogP contribution in [0.2, 0.25) is 0 Å². The van der Waals surface area contributed by atoms with Crippen LogP contribution in [0.5, 0.6) is 11.5 Å². The minimum atomic E-state index is 0.171. The van der Waals surface area contributed by atoms with Crippen LogP contribution in [0.3, 0.4) is 0 Å². The van der Waals surface area contributed by atoms with E-state index in [9.17, 15) is 5.11 Å². The Morgan fingerprint density at radius 3 is 2.72 bits per heavy atom. The van der Waals surface area contributed by atoms with Gasteiger partial charge in [0.05, 0.1) is 29.7 Å². The minimum absolute atomic E-state index is 0.171. The number of aromatic nitrogens is 3. The molecule has 0 aliphatic heterocycles. The van der Waals surface area contributed by atoms with Gasteiger partial charge >= 0.3 is 0 Å². The van der Waals surface area contributed by atoms with Crippen LogP contribution in [0.1, 0.15) is 5.56 Å². The molecule has 25 heavy (non-hydrogen) atoms. The summed E-state index contributed by atoms with van der Waals surface area (Å²) in [6.45, 7) is 0. The molecule has 0 unspecified atom stereocenters. The summed E-state index contributed by atoms with van der Waals surface area (Å²) in [4.78, 5) is 4.37. The van der Waals surface area contributed by atoms with Crippen molar-refractivity contribution in [3.8, 4) is 22.8 Å². The topological polar surface area (TPSA) is 92.5 Å². The Labute approximate surface area is 152 Å². The van der Waals surface area contributed by atoms with Crippen molar-refractivity contribution in [1.29, 1.82) is 0 Å². The van der Waals surface area contributed by atoms with Gasteiger partial charge < -0.3 is 9.84 Å². The van der Waals surface area contributed by atoms with Crippen molar-refractivity contribution >= 4 is 28.1 Å². The maximum absolute atomic E-state index is 9.48. The maximum Gasteiger partial charge on any atom is 0.263 e. The van der Waals surface area contributed by atoms with E-state index in [1.807, 2.05) is 24.3 Å². The van der Waals surface area contributed by atoms with Crippen LogP contribution < -0.4 is 10.2 Å². The average molecular weight is 400 g/mol. The molecule has 0 saturated carbocycles. The molecule has 3 aromatic rings. The fourth-order valence-corrected chi connectivity index (χ4v) is 2.42. The number of phenolic OH excluding ortho intramolecular Hbond substituents is 1. The number of nitrogens with one attached hydrogen (secondary N) is 1. The molecule has 126 valence electrons. The van der Waals surface area contributed by atoms with Crippen LogP contribution in [0, 0.1) is 0 Å². The maximum atomic E-state index is 9.48. The molecule has 3 rings (SSSR count). The summed E-state index contributed by atoms with van der Waals surface area (Å²) in [5.41, 5.74) is 5.11. The number of halogens is 1. The number of aromatic hydroxyl groups is 1. The summed E-state index contributed by atoms with van der Waals surface area (Å²) in [6, 6.07) is 12.5. The summed E-state index contributed by atoms with van der Waals surface area (Å²) < 4.78 is 5.73. The minimum Gasteiger partial charge on any atom is -0.507 e. The predicted molar refractivity (Wildman–Crippen MR) is 98.8 cm³/mol. The SMILES string of the molecule is COc1ccc(-c2cnnc(N/N=C/c3ccc(O)c(Br)c3)n2)cc1. The molecule has 0 aliphatic carbocycles. The van der Waals surface area contributed by atoms with Crippen molar-refractivity contribution in [2.75, 3.05) is 12.5 Å².